The SMILES string of the molecule is C=C1/C(=C\C=C2/CCC[C@]3(C)C(C4(CCC(=O)C(C)(C)O[Si](C)(C)C)CC4)=CC[C@@H]23)C[C@@H](O[Si](C)(C)C(C)(C)C)C[C@@H]1O[Si](C)(C)C(C)(C)C. The molecule has 0 spiro atoms. The number of allylic oxidation sites excluding steroid dienone is 5. The zero-order chi connectivity index (χ0) is 37.9. The van der Waals surface area contributed by atoms with E-state index in [-0.39, 0.29) is 38.9 Å². The van der Waals surface area contributed by atoms with Crippen LogP contribution in [0.5, 0.6) is 0 Å². The molecule has 4 aliphatic carbocycles. The Morgan fingerprint density at radius 3 is 2.02 bits per heavy atom. The van der Waals surface area contributed by atoms with Gasteiger partial charge in [0.2, 0.25) is 0 Å². The Kier molecular flexibility index (Phi) is 11.8. The molecule has 4 aliphatic rings. The molecule has 0 aromatic heterocycles. The zero-order valence-electron chi connectivity index (χ0n) is 35.4. The molecule has 0 amide bonds. The lowest BCUT2D eigenvalue weighted by Crippen LogP contribution is -2.49. The van der Waals surface area contributed by atoms with Crippen molar-refractivity contribution >= 4 is 30.7 Å². The summed E-state index contributed by atoms with van der Waals surface area (Å²) in [5.74, 6) is 0.806. The Morgan fingerprint density at radius 1 is 0.900 bits per heavy atom. The van der Waals surface area contributed by atoms with Gasteiger partial charge in [-0.05, 0) is 149 Å². The highest BCUT2D eigenvalue weighted by molar-refractivity contribution is 6.74. The first kappa shape index (κ1) is 41.9. The number of hydrogen-bond acceptors (Lipinski definition) is 4. The fourth-order valence-corrected chi connectivity index (χ4v) is 13.0. The summed E-state index contributed by atoms with van der Waals surface area (Å²) in [6.07, 6.45) is 18.2. The zero-order valence-corrected chi connectivity index (χ0v) is 38.4. The van der Waals surface area contributed by atoms with Gasteiger partial charge in [0, 0.05) is 12.8 Å². The first-order valence-electron chi connectivity index (χ1n) is 19.9. The molecule has 0 aliphatic heterocycles. The maximum Gasteiger partial charge on any atom is 0.192 e. The fourth-order valence-electron chi connectivity index (χ4n) is 8.69. The van der Waals surface area contributed by atoms with Crippen molar-refractivity contribution in [2.24, 2.45) is 16.7 Å². The van der Waals surface area contributed by atoms with Crippen molar-refractivity contribution in [1.29, 1.82) is 0 Å². The smallest absolute Gasteiger partial charge is 0.192 e. The Morgan fingerprint density at radius 2 is 1.48 bits per heavy atom. The summed E-state index contributed by atoms with van der Waals surface area (Å²) in [6.45, 7) is 41.2. The Labute approximate surface area is 311 Å². The molecule has 0 radical (unpaired) electrons. The Hall–Kier alpha value is -0.839. The first-order chi connectivity index (χ1) is 22.5. The molecule has 284 valence electrons. The lowest BCUT2D eigenvalue weighted by Gasteiger charge is -2.45. The normalized spacial score (nSPS) is 29.7. The second-order valence-electron chi connectivity index (χ2n) is 21.4. The van der Waals surface area contributed by atoms with E-state index in [0.29, 0.717) is 12.3 Å². The lowest BCUT2D eigenvalue weighted by molar-refractivity contribution is -0.132. The summed E-state index contributed by atoms with van der Waals surface area (Å²) in [4.78, 5) is 13.4. The van der Waals surface area contributed by atoms with Crippen molar-refractivity contribution in [2.75, 3.05) is 0 Å². The monoisotopic (exact) mass is 741 g/mol. The standard InChI is InChI=1S/C43H76O4Si3/c1-31-33(29-34(45-49(14,15)39(2,3)4)30-36(31)46-50(16,17)40(5,6)7)21-20-32-19-18-25-42(10)35(32)22-23-37(42)43(27-28-43)26-24-38(44)41(8,9)47-48(11,12)13/h20-21,23,34-36H,1,18-19,22,24-30H2,2-17H3/b32-20+,33-21-/t34-,35+,36+,42+/m1/s1. The second-order valence-corrected chi connectivity index (χ2v) is 35.3. The summed E-state index contributed by atoms with van der Waals surface area (Å²) in [7, 11) is -5.78. The van der Waals surface area contributed by atoms with Gasteiger partial charge in [-0.3, -0.25) is 4.79 Å². The van der Waals surface area contributed by atoms with Crippen molar-refractivity contribution < 1.29 is 18.1 Å². The third-order valence-corrected chi connectivity index (χ3v) is 23.9. The van der Waals surface area contributed by atoms with Crippen LogP contribution in [0.2, 0.25) is 55.9 Å². The van der Waals surface area contributed by atoms with E-state index in [1.807, 2.05) is 13.8 Å². The molecule has 7 heteroatoms. The molecule has 4 rings (SSSR count). The predicted octanol–water partition coefficient (Wildman–Crippen LogP) is 12.9. The highest BCUT2D eigenvalue weighted by Gasteiger charge is 2.57. The van der Waals surface area contributed by atoms with Crippen LogP contribution in [0.25, 0.3) is 0 Å². The quantitative estimate of drug-likeness (QED) is 0.148. The summed E-state index contributed by atoms with van der Waals surface area (Å²) in [5.41, 5.74) is 5.42. The minimum atomic E-state index is -2.01. The molecule has 3 saturated carbocycles. The molecule has 0 bridgehead atoms. The molecule has 0 N–H and O–H groups in total. The molecule has 0 unspecified atom stereocenters. The van der Waals surface area contributed by atoms with Gasteiger partial charge in [-0.15, -0.1) is 0 Å². The van der Waals surface area contributed by atoms with E-state index in [9.17, 15) is 4.79 Å². The summed E-state index contributed by atoms with van der Waals surface area (Å²) in [5, 5.41) is 0.295. The van der Waals surface area contributed by atoms with Crippen molar-refractivity contribution in [2.45, 2.75) is 200 Å². The van der Waals surface area contributed by atoms with Gasteiger partial charge in [0.05, 0.1) is 12.2 Å². The molecule has 50 heavy (non-hydrogen) atoms. The van der Waals surface area contributed by atoms with Gasteiger partial charge in [-0.2, -0.15) is 0 Å². The van der Waals surface area contributed by atoms with E-state index in [4.69, 9.17) is 19.9 Å². The molecule has 0 aromatic carbocycles. The predicted molar refractivity (Wildman–Crippen MR) is 221 cm³/mol. The maximum atomic E-state index is 13.4. The minimum absolute atomic E-state index is 0.000939. The lowest BCUT2D eigenvalue weighted by atomic mass is 9.61. The van der Waals surface area contributed by atoms with Gasteiger partial charge in [-0.1, -0.05) is 84.4 Å². The Bertz CT molecular complexity index is 1390. The number of Topliss-reactive ketones (excluding diaryl/α,β-unsaturated/α-hetero) is 1. The van der Waals surface area contributed by atoms with Crippen LogP contribution in [0, 0.1) is 16.7 Å². The largest absolute Gasteiger partial charge is 0.413 e. The molecule has 0 aromatic rings. The maximum absolute atomic E-state index is 13.4. The summed E-state index contributed by atoms with van der Waals surface area (Å²) < 4.78 is 20.6. The van der Waals surface area contributed by atoms with E-state index in [1.165, 1.54) is 37.7 Å². The topological polar surface area (TPSA) is 44.8 Å². The molecular weight excluding hydrogens is 665 g/mol. The average Bonchev–Trinajstić information content (AvgIpc) is 3.62. The third-order valence-electron chi connectivity index (χ3n) is 13.8. The third kappa shape index (κ3) is 9.09. The van der Waals surface area contributed by atoms with Crippen LogP contribution in [0.3, 0.4) is 0 Å². The van der Waals surface area contributed by atoms with Crippen LogP contribution >= 0.6 is 0 Å². The molecular formula is C43H76O4Si3. The van der Waals surface area contributed by atoms with Crippen molar-refractivity contribution in [1.82, 2.24) is 0 Å². The van der Waals surface area contributed by atoms with E-state index in [0.717, 1.165) is 31.3 Å². The van der Waals surface area contributed by atoms with Gasteiger partial charge >= 0.3 is 0 Å². The number of carbonyl (C=O) groups excluding carboxylic acids is 1. The van der Waals surface area contributed by atoms with E-state index >= 15 is 0 Å². The number of fused-ring (bicyclic) bond motifs is 1. The van der Waals surface area contributed by atoms with Gasteiger partial charge in [0.1, 0.15) is 5.60 Å². The molecule has 4 nitrogen and oxygen atoms in total. The molecule has 0 saturated heterocycles. The number of carbonyl (C=O) groups is 1. The Balaban J connectivity index is 1.56. The highest BCUT2D eigenvalue weighted by atomic mass is 28.4. The van der Waals surface area contributed by atoms with Crippen LogP contribution in [0.1, 0.15) is 127 Å². The van der Waals surface area contributed by atoms with E-state index in [2.05, 4.69) is 113 Å². The second kappa shape index (κ2) is 14.1. The van der Waals surface area contributed by atoms with Crippen LogP contribution in [0.4, 0.5) is 0 Å². The van der Waals surface area contributed by atoms with Crippen LogP contribution in [0.15, 0.2) is 47.1 Å². The average molecular weight is 741 g/mol. The van der Waals surface area contributed by atoms with Crippen molar-refractivity contribution in [3.05, 3.63) is 47.1 Å². The summed E-state index contributed by atoms with van der Waals surface area (Å²) >= 11 is 0. The van der Waals surface area contributed by atoms with E-state index in [1.54, 1.807) is 11.1 Å². The molecule has 3 fully saturated rings. The fraction of sp³-hybridized carbons (Fsp3) is 0.791. The van der Waals surface area contributed by atoms with Gasteiger partial charge in [-0.25, -0.2) is 0 Å². The van der Waals surface area contributed by atoms with Gasteiger partial charge in [0.15, 0.2) is 30.7 Å². The molecule has 0 heterocycles. The number of hydrogen-bond donors (Lipinski definition) is 0. The minimum Gasteiger partial charge on any atom is -0.413 e. The summed E-state index contributed by atoms with van der Waals surface area (Å²) in [6, 6.07) is 0. The van der Waals surface area contributed by atoms with Crippen LogP contribution < -0.4 is 0 Å². The molecule has 4 atom stereocenters. The van der Waals surface area contributed by atoms with E-state index < -0.39 is 30.6 Å². The van der Waals surface area contributed by atoms with Crippen LogP contribution in [-0.4, -0.2) is 48.5 Å². The van der Waals surface area contributed by atoms with Crippen LogP contribution in [-0.2, 0) is 18.1 Å². The number of rotatable bonds is 12. The highest BCUT2D eigenvalue weighted by Crippen LogP contribution is 2.67. The first-order valence-corrected chi connectivity index (χ1v) is 29.2. The number of ketones is 1. The van der Waals surface area contributed by atoms with Crippen molar-refractivity contribution in [3.63, 3.8) is 0 Å². The van der Waals surface area contributed by atoms with Gasteiger partial charge in [0.25, 0.3) is 0 Å². The van der Waals surface area contributed by atoms with Crippen molar-refractivity contribution in [3.8, 4) is 0 Å². The van der Waals surface area contributed by atoms with Gasteiger partial charge < -0.3 is 13.3 Å².